The van der Waals surface area contributed by atoms with Crippen LogP contribution in [0.5, 0.6) is 0 Å². The van der Waals surface area contributed by atoms with Crippen molar-refractivity contribution >= 4 is 12.2 Å². The fraction of sp³-hybridized carbons (Fsp3) is 0. The Bertz CT molecular complexity index is 1040. The normalized spacial score (nSPS) is 10.4. The predicted molar refractivity (Wildman–Crippen MR) is 116 cm³/mol. The molecule has 4 aromatic rings. The molecule has 1 heterocycles. The predicted octanol–water partition coefficient (Wildman–Crippen LogP) is 6.16. The molecule has 0 atom stereocenters. The van der Waals surface area contributed by atoms with Crippen LogP contribution in [0.2, 0.25) is 0 Å². The Morgan fingerprint density at radius 1 is 0.464 bits per heavy atom. The first-order chi connectivity index (χ1) is 13.8. The molecule has 0 saturated heterocycles. The van der Waals surface area contributed by atoms with Crippen LogP contribution in [0.3, 0.4) is 0 Å². The average molecular weight is 361 g/mol. The third-order valence-electron chi connectivity index (χ3n) is 4.48. The second-order valence-electron chi connectivity index (χ2n) is 6.32. The quantitative estimate of drug-likeness (QED) is 0.427. The second kappa shape index (κ2) is 7.80. The maximum atomic E-state index is 4.74. The van der Waals surface area contributed by atoms with Gasteiger partial charge in [0.1, 0.15) is 0 Å². The molecule has 0 spiro atoms. The molecule has 0 saturated carbocycles. The van der Waals surface area contributed by atoms with E-state index in [4.69, 9.17) is 15.0 Å². The Balaban J connectivity index is 1.86. The van der Waals surface area contributed by atoms with Gasteiger partial charge in [0.25, 0.3) is 0 Å². The molecule has 3 heteroatoms. The first-order valence-corrected chi connectivity index (χ1v) is 9.04. The lowest BCUT2D eigenvalue weighted by molar-refractivity contribution is 1.07. The maximum Gasteiger partial charge on any atom is 0.164 e. The summed E-state index contributed by atoms with van der Waals surface area (Å²) < 4.78 is 0. The zero-order valence-corrected chi connectivity index (χ0v) is 15.4. The van der Waals surface area contributed by atoms with E-state index in [1.807, 2.05) is 91.0 Å². The highest BCUT2D eigenvalue weighted by Crippen LogP contribution is 2.25. The third-order valence-corrected chi connectivity index (χ3v) is 4.48. The lowest BCUT2D eigenvalue weighted by Crippen LogP contribution is -2.00. The minimum absolute atomic E-state index is 0.646. The van der Waals surface area contributed by atoms with Crippen molar-refractivity contribution in [3.05, 3.63) is 103 Å². The van der Waals surface area contributed by atoms with Gasteiger partial charge < -0.3 is 0 Å². The SMILES string of the molecule is C=Cc1ccc(-c2nc(-c3ccccc3)nc(-c3ccc(C=C)cc3)n2)cc1. The molecule has 0 unspecified atom stereocenters. The van der Waals surface area contributed by atoms with Crippen LogP contribution in [-0.4, -0.2) is 15.0 Å². The fourth-order valence-corrected chi connectivity index (χ4v) is 2.89. The molecule has 0 aliphatic rings. The molecule has 0 amide bonds. The summed E-state index contributed by atoms with van der Waals surface area (Å²) >= 11 is 0. The number of benzene rings is 3. The van der Waals surface area contributed by atoms with Crippen LogP contribution in [-0.2, 0) is 0 Å². The number of aromatic nitrogens is 3. The molecule has 0 N–H and O–H groups in total. The molecule has 0 bridgehead atoms. The number of rotatable bonds is 5. The largest absolute Gasteiger partial charge is 0.208 e. The highest BCUT2D eigenvalue weighted by Gasteiger charge is 2.12. The fourth-order valence-electron chi connectivity index (χ4n) is 2.89. The summed E-state index contributed by atoms with van der Waals surface area (Å²) in [7, 11) is 0. The summed E-state index contributed by atoms with van der Waals surface area (Å²) in [4.78, 5) is 14.2. The Hall–Kier alpha value is -3.85. The van der Waals surface area contributed by atoms with Gasteiger partial charge in [0, 0.05) is 16.7 Å². The highest BCUT2D eigenvalue weighted by molar-refractivity contribution is 5.68. The number of nitrogens with zero attached hydrogens (tertiary/aromatic N) is 3. The first-order valence-electron chi connectivity index (χ1n) is 9.04. The van der Waals surface area contributed by atoms with Crippen molar-refractivity contribution in [1.29, 1.82) is 0 Å². The van der Waals surface area contributed by atoms with E-state index >= 15 is 0 Å². The zero-order valence-electron chi connectivity index (χ0n) is 15.4. The van der Waals surface area contributed by atoms with E-state index in [1.54, 1.807) is 0 Å². The molecule has 0 radical (unpaired) electrons. The topological polar surface area (TPSA) is 38.7 Å². The molecular formula is C25H19N3. The Morgan fingerprint density at radius 3 is 1.18 bits per heavy atom. The van der Waals surface area contributed by atoms with Gasteiger partial charge in [-0.15, -0.1) is 0 Å². The molecular weight excluding hydrogens is 342 g/mol. The third kappa shape index (κ3) is 3.64. The van der Waals surface area contributed by atoms with Crippen LogP contribution >= 0.6 is 0 Å². The van der Waals surface area contributed by atoms with Crippen molar-refractivity contribution in [1.82, 2.24) is 15.0 Å². The van der Waals surface area contributed by atoms with E-state index in [0.717, 1.165) is 27.8 Å². The Morgan fingerprint density at radius 2 is 0.821 bits per heavy atom. The highest BCUT2D eigenvalue weighted by atomic mass is 15.0. The van der Waals surface area contributed by atoms with Gasteiger partial charge in [0.15, 0.2) is 17.5 Å². The summed E-state index contributed by atoms with van der Waals surface area (Å²) in [5.41, 5.74) is 4.95. The molecule has 4 rings (SSSR count). The molecule has 134 valence electrons. The van der Waals surface area contributed by atoms with Gasteiger partial charge in [-0.1, -0.05) is 104 Å². The van der Waals surface area contributed by atoms with Gasteiger partial charge in [-0.05, 0) is 11.1 Å². The van der Waals surface area contributed by atoms with Crippen molar-refractivity contribution in [2.75, 3.05) is 0 Å². The van der Waals surface area contributed by atoms with Crippen molar-refractivity contribution in [3.63, 3.8) is 0 Å². The van der Waals surface area contributed by atoms with E-state index in [-0.39, 0.29) is 0 Å². The summed E-state index contributed by atoms with van der Waals surface area (Å²) in [6.07, 6.45) is 3.64. The monoisotopic (exact) mass is 361 g/mol. The van der Waals surface area contributed by atoms with Gasteiger partial charge in [-0.3, -0.25) is 0 Å². The van der Waals surface area contributed by atoms with Crippen molar-refractivity contribution in [2.45, 2.75) is 0 Å². The number of hydrogen-bond donors (Lipinski definition) is 0. The molecule has 3 nitrogen and oxygen atoms in total. The summed E-state index contributed by atoms with van der Waals surface area (Å²) in [6.45, 7) is 7.61. The maximum absolute atomic E-state index is 4.74. The average Bonchev–Trinajstić information content (AvgIpc) is 2.79. The molecule has 0 aliphatic carbocycles. The van der Waals surface area contributed by atoms with Crippen molar-refractivity contribution in [3.8, 4) is 34.2 Å². The zero-order chi connectivity index (χ0) is 19.3. The number of hydrogen-bond acceptors (Lipinski definition) is 3. The van der Waals surface area contributed by atoms with Crippen LogP contribution in [0, 0.1) is 0 Å². The summed E-state index contributed by atoms with van der Waals surface area (Å²) in [6, 6.07) is 26.0. The molecule has 3 aromatic carbocycles. The smallest absolute Gasteiger partial charge is 0.164 e. The Kier molecular flexibility index (Phi) is 4.89. The van der Waals surface area contributed by atoms with E-state index in [1.165, 1.54) is 0 Å². The van der Waals surface area contributed by atoms with E-state index in [0.29, 0.717) is 17.5 Å². The van der Waals surface area contributed by atoms with Crippen molar-refractivity contribution < 1.29 is 0 Å². The second-order valence-corrected chi connectivity index (χ2v) is 6.32. The van der Waals surface area contributed by atoms with Gasteiger partial charge >= 0.3 is 0 Å². The molecule has 0 aliphatic heterocycles. The molecule has 0 fully saturated rings. The molecule has 1 aromatic heterocycles. The lowest BCUT2D eigenvalue weighted by Gasteiger charge is -2.08. The van der Waals surface area contributed by atoms with E-state index < -0.39 is 0 Å². The standard InChI is InChI=1S/C25H19N3/c1-3-18-10-14-21(15-11-18)24-26-23(20-8-6-5-7-9-20)27-25(28-24)22-16-12-19(4-2)13-17-22/h3-17H,1-2H2. The van der Waals surface area contributed by atoms with E-state index in [2.05, 4.69) is 13.2 Å². The van der Waals surface area contributed by atoms with Crippen LogP contribution in [0.15, 0.2) is 92.0 Å². The summed E-state index contributed by atoms with van der Waals surface area (Å²) in [5, 5.41) is 0. The van der Waals surface area contributed by atoms with E-state index in [9.17, 15) is 0 Å². The lowest BCUT2D eigenvalue weighted by atomic mass is 10.1. The van der Waals surface area contributed by atoms with Crippen LogP contribution < -0.4 is 0 Å². The van der Waals surface area contributed by atoms with Crippen LogP contribution in [0.25, 0.3) is 46.3 Å². The first kappa shape index (κ1) is 17.6. The van der Waals surface area contributed by atoms with Gasteiger partial charge in [0.05, 0.1) is 0 Å². The van der Waals surface area contributed by atoms with Gasteiger partial charge in [-0.2, -0.15) is 0 Å². The van der Waals surface area contributed by atoms with Crippen molar-refractivity contribution in [2.24, 2.45) is 0 Å². The minimum Gasteiger partial charge on any atom is -0.208 e. The minimum atomic E-state index is 0.646. The van der Waals surface area contributed by atoms with Gasteiger partial charge in [0.2, 0.25) is 0 Å². The van der Waals surface area contributed by atoms with Crippen LogP contribution in [0.4, 0.5) is 0 Å². The summed E-state index contributed by atoms with van der Waals surface area (Å²) in [5.74, 6) is 1.95. The van der Waals surface area contributed by atoms with Gasteiger partial charge in [-0.25, -0.2) is 15.0 Å². The Labute approximate surface area is 164 Å². The van der Waals surface area contributed by atoms with Crippen LogP contribution in [0.1, 0.15) is 11.1 Å². The molecule has 28 heavy (non-hydrogen) atoms.